The summed E-state index contributed by atoms with van der Waals surface area (Å²) in [6, 6.07) is 3.86. The van der Waals surface area contributed by atoms with Gasteiger partial charge in [0.2, 0.25) is 0 Å². The Kier molecular flexibility index (Phi) is 6.02. The van der Waals surface area contributed by atoms with Crippen LogP contribution in [0.4, 0.5) is 0 Å². The van der Waals surface area contributed by atoms with Gasteiger partial charge in [-0.1, -0.05) is 0 Å². The third kappa shape index (κ3) is 3.88. The van der Waals surface area contributed by atoms with Crippen molar-refractivity contribution < 1.29 is 9.47 Å². The van der Waals surface area contributed by atoms with E-state index in [-0.39, 0.29) is 11.5 Å². The van der Waals surface area contributed by atoms with E-state index in [2.05, 4.69) is 9.97 Å². The van der Waals surface area contributed by atoms with Crippen LogP contribution in [0.1, 0.15) is 11.1 Å². The fraction of sp³-hybridized carbons (Fsp3) is 0.444. The summed E-state index contributed by atoms with van der Waals surface area (Å²) in [4.78, 5) is 32.8. The molecule has 0 fully saturated rings. The van der Waals surface area contributed by atoms with E-state index >= 15 is 0 Å². The van der Waals surface area contributed by atoms with Crippen molar-refractivity contribution in [2.75, 3.05) is 38.8 Å². The molecule has 0 bridgehead atoms. The van der Waals surface area contributed by atoms with E-state index in [1.165, 1.54) is 0 Å². The van der Waals surface area contributed by atoms with Gasteiger partial charge in [0.05, 0.1) is 37.5 Å². The molecule has 0 unspecified atom stereocenters. The summed E-state index contributed by atoms with van der Waals surface area (Å²) in [6.45, 7) is 6.49. The van der Waals surface area contributed by atoms with Gasteiger partial charge in [0.15, 0.2) is 11.5 Å². The molecular weight excluding hydrogens is 364 g/mol. The third-order valence-corrected chi connectivity index (χ3v) is 4.50. The molecule has 4 N–H and O–H groups in total. The lowest BCUT2D eigenvalue weighted by Crippen LogP contribution is -2.43. The largest absolute Gasteiger partial charge is 0.378 e. The highest BCUT2D eigenvalue weighted by Gasteiger charge is 2.21. The first-order chi connectivity index (χ1) is 13.4. The summed E-state index contributed by atoms with van der Waals surface area (Å²) >= 11 is 0. The first kappa shape index (κ1) is 19.9. The quantitative estimate of drug-likeness (QED) is 0.296. The molecule has 2 aliphatic heterocycles. The predicted octanol–water partition coefficient (Wildman–Crippen LogP) is -0.619. The number of hydrogen-bond acceptors (Lipinski definition) is 8. The van der Waals surface area contributed by atoms with Gasteiger partial charge in [-0.3, -0.25) is 4.79 Å². The first-order valence-corrected chi connectivity index (χ1v) is 8.99. The minimum atomic E-state index is -0.827. The van der Waals surface area contributed by atoms with Crippen molar-refractivity contribution in [3.63, 3.8) is 0 Å². The Labute approximate surface area is 161 Å². The summed E-state index contributed by atoms with van der Waals surface area (Å²) < 4.78 is 13.1. The van der Waals surface area contributed by atoms with Crippen LogP contribution in [0.15, 0.2) is 21.7 Å². The molecule has 0 atom stereocenters. The van der Waals surface area contributed by atoms with Crippen LogP contribution in [-0.4, -0.2) is 52.2 Å². The Balaban J connectivity index is 2.00. The topological polar surface area (TPSA) is 140 Å². The van der Waals surface area contributed by atoms with E-state index in [9.17, 15) is 9.59 Å². The zero-order valence-electron chi connectivity index (χ0n) is 16.0. The molecule has 0 saturated carbocycles. The van der Waals surface area contributed by atoms with Gasteiger partial charge in [0.25, 0.3) is 0 Å². The average Bonchev–Trinajstić information content (AvgIpc) is 2.67. The maximum atomic E-state index is 12.4. The van der Waals surface area contributed by atoms with Crippen LogP contribution in [-0.2, 0) is 16.0 Å². The van der Waals surface area contributed by atoms with E-state index < -0.39 is 11.2 Å². The van der Waals surface area contributed by atoms with E-state index in [0.29, 0.717) is 49.7 Å². The number of nitrogens with two attached hydrogens (primary N) is 2. The van der Waals surface area contributed by atoms with Crippen LogP contribution in [0.25, 0.3) is 22.6 Å². The predicted molar refractivity (Wildman–Crippen MR) is 105 cm³/mol. The number of ether oxygens (including phenoxy) is 2. The Morgan fingerprint density at radius 2 is 1.68 bits per heavy atom. The molecule has 1 aromatic carbocycles. The zero-order valence-corrected chi connectivity index (χ0v) is 16.0. The monoisotopic (exact) mass is 388 g/mol. The van der Waals surface area contributed by atoms with Gasteiger partial charge in [-0.05, 0) is 37.1 Å². The van der Waals surface area contributed by atoms with Crippen LogP contribution in [0.3, 0.4) is 0 Å². The highest BCUT2D eigenvalue weighted by atomic mass is 16.5. The summed E-state index contributed by atoms with van der Waals surface area (Å²) in [5.74, 6) is 5.70. The summed E-state index contributed by atoms with van der Waals surface area (Å²) in [5, 5.41) is 0. The maximum Gasteiger partial charge on any atom is 0.371 e. The minimum absolute atomic E-state index is 0.0455. The number of nitrogen functional groups attached to an aromatic ring is 1. The molecule has 0 saturated heterocycles. The lowest BCUT2D eigenvalue weighted by molar-refractivity contribution is 0.0480. The highest BCUT2D eigenvalue weighted by molar-refractivity contribution is 5.81. The molecule has 0 aromatic heterocycles. The molecule has 2 heterocycles. The number of aryl methyl sites for hydroxylation is 2. The average molecular weight is 388 g/mol. The second-order valence-electron chi connectivity index (χ2n) is 6.44. The number of nitrogens with zero attached hydrogens (tertiary/aromatic N) is 4. The second kappa shape index (κ2) is 8.46. The van der Waals surface area contributed by atoms with E-state index in [1.807, 2.05) is 26.0 Å². The van der Waals surface area contributed by atoms with Crippen molar-refractivity contribution in [1.29, 1.82) is 0 Å². The standard InChI is InChI=1S/C18H24N6O4/c1-11-9-13-14(10-12(11)2)23(4-6-28-8-7-27-5-3-19)16-15(21-13)17(25)24(20)18(26)22-16/h9-10H,3-8,19-20H2,1-2H3. The van der Waals surface area contributed by atoms with Crippen molar-refractivity contribution >= 4 is 11.0 Å². The van der Waals surface area contributed by atoms with Crippen molar-refractivity contribution in [2.24, 2.45) is 5.73 Å². The Morgan fingerprint density at radius 3 is 2.39 bits per heavy atom. The van der Waals surface area contributed by atoms with Gasteiger partial charge >= 0.3 is 11.2 Å². The molecule has 0 radical (unpaired) electrons. The van der Waals surface area contributed by atoms with E-state index in [0.717, 1.165) is 16.6 Å². The molecule has 3 rings (SSSR count). The molecule has 0 aliphatic carbocycles. The van der Waals surface area contributed by atoms with Gasteiger partial charge in [0.1, 0.15) is 0 Å². The van der Waals surface area contributed by atoms with Gasteiger partial charge in [-0.25, -0.2) is 9.78 Å². The van der Waals surface area contributed by atoms with Crippen molar-refractivity contribution in [1.82, 2.24) is 19.2 Å². The van der Waals surface area contributed by atoms with Crippen molar-refractivity contribution in [3.05, 3.63) is 44.1 Å². The number of aromatic nitrogens is 4. The van der Waals surface area contributed by atoms with Crippen LogP contribution < -0.4 is 22.8 Å². The summed E-state index contributed by atoms with van der Waals surface area (Å²) in [7, 11) is 0. The number of rotatable bonds is 8. The molecule has 10 heteroatoms. The molecular formula is C18H24N6O4. The lowest BCUT2D eigenvalue weighted by Gasteiger charge is -2.18. The molecule has 2 aliphatic rings. The van der Waals surface area contributed by atoms with E-state index in [4.69, 9.17) is 21.1 Å². The fourth-order valence-electron chi connectivity index (χ4n) is 2.89. The maximum absolute atomic E-state index is 12.4. The number of fused-ring (bicyclic) bond motifs is 2. The van der Waals surface area contributed by atoms with Gasteiger partial charge < -0.3 is 25.6 Å². The summed E-state index contributed by atoms with van der Waals surface area (Å²) in [5.41, 5.74) is 7.40. The molecule has 28 heavy (non-hydrogen) atoms. The lowest BCUT2D eigenvalue weighted by atomic mass is 10.1. The zero-order chi connectivity index (χ0) is 20.3. The van der Waals surface area contributed by atoms with Gasteiger partial charge in [0, 0.05) is 13.1 Å². The number of benzene rings is 1. The summed E-state index contributed by atoms with van der Waals surface area (Å²) in [6.07, 6.45) is 0. The Hall–Kier alpha value is -2.82. The smallest absolute Gasteiger partial charge is 0.371 e. The van der Waals surface area contributed by atoms with Crippen molar-refractivity contribution in [2.45, 2.75) is 20.4 Å². The van der Waals surface area contributed by atoms with Crippen molar-refractivity contribution in [3.8, 4) is 11.5 Å². The Bertz CT molecular complexity index is 1070. The highest BCUT2D eigenvalue weighted by Crippen LogP contribution is 2.23. The molecule has 1 aromatic rings. The fourth-order valence-corrected chi connectivity index (χ4v) is 2.89. The molecule has 0 spiro atoms. The van der Waals surface area contributed by atoms with Gasteiger partial charge in [-0.15, -0.1) is 0 Å². The van der Waals surface area contributed by atoms with Crippen LogP contribution in [0.2, 0.25) is 0 Å². The normalized spacial score (nSPS) is 11.5. The van der Waals surface area contributed by atoms with Crippen LogP contribution >= 0.6 is 0 Å². The third-order valence-electron chi connectivity index (χ3n) is 4.50. The Morgan fingerprint density at radius 1 is 1.00 bits per heavy atom. The second-order valence-corrected chi connectivity index (χ2v) is 6.44. The van der Waals surface area contributed by atoms with E-state index in [1.54, 1.807) is 4.57 Å². The number of hydrogen-bond donors (Lipinski definition) is 2. The van der Waals surface area contributed by atoms with Crippen LogP contribution in [0, 0.1) is 13.8 Å². The first-order valence-electron chi connectivity index (χ1n) is 8.99. The van der Waals surface area contributed by atoms with Crippen LogP contribution in [0.5, 0.6) is 0 Å². The molecule has 10 nitrogen and oxygen atoms in total. The molecule has 0 amide bonds. The minimum Gasteiger partial charge on any atom is -0.378 e. The molecule has 150 valence electrons. The SMILES string of the molecule is Cc1cc2nc3c(=O)n(N)c(=O)nc-3n(CCOCCOCCN)c2cc1C. The van der Waals surface area contributed by atoms with Gasteiger partial charge in [-0.2, -0.15) is 9.66 Å².